The summed E-state index contributed by atoms with van der Waals surface area (Å²) in [6, 6.07) is 13.8. The summed E-state index contributed by atoms with van der Waals surface area (Å²) in [5.74, 6) is 0.672. The first kappa shape index (κ1) is 18.3. The highest BCUT2D eigenvalue weighted by atomic mass is 32.2. The van der Waals surface area contributed by atoms with Crippen LogP contribution in [0.4, 0.5) is 11.4 Å². The maximum absolute atomic E-state index is 12.3. The molecule has 2 aromatic rings. The van der Waals surface area contributed by atoms with E-state index in [2.05, 4.69) is 5.32 Å². The minimum atomic E-state index is -3.23. The minimum Gasteiger partial charge on any atom is -0.494 e. The van der Waals surface area contributed by atoms with Crippen molar-refractivity contribution in [1.82, 2.24) is 0 Å². The van der Waals surface area contributed by atoms with E-state index < -0.39 is 10.0 Å². The highest BCUT2D eigenvalue weighted by Crippen LogP contribution is 2.25. The molecule has 0 bridgehead atoms. The van der Waals surface area contributed by atoms with Crippen molar-refractivity contribution in [3.05, 3.63) is 54.1 Å². The number of amides is 1. The van der Waals surface area contributed by atoms with Gasteiger partial charge < -0.3 is 10.1 Å². The number of nitrogens with zero attached hydrogens (tertiary/aromatic N) is 1. The summed E-state index contributed by atoms with van der Waals surface area (Å²) in [6.07, 6.45) is 1.56. The van der Waals surface area contributed by atoms with Gasteiger partial charge in [0.15, 0.2) is 0 Å². The van der Waals surface area contributed by atoms with Crippen LogP contribution in [-0.4, -0.2) is 33.2 Å². The van der Waals surface area contributed by atoms with Crippen LogP contribution in [0.3, 0.4) is 0 Å². The summed E-state index contributed by atoms with van der Waals surface area (Å²) in [5.41, 5.74) is 1.77. The van der Waals surface area contributed by atoms with Gasteiger partial charge in [0, 0.05) is 17.8 Å². The quantitative estimate of drug-likeness (QED) is 0.871. The molecule has 1 aliphatic heterocycles. The number of ether oxygens (including phenoxy) is 1. The Morgan fingerprint density at radius 2 is 1.77 bits per heavy atom. The third-order valence-electron chi connectivity index (χ3n) is 4.19. The second-order valence-electron chi connectivity index (χ2n) is 6.05. The Morgan fingerprint density at radius 1 is 1.08 bits per heavy atom. The topological polar surface area (TPSA) is 75.7 Å². The first-order chi connectivity index (χ1) is 12.5. The van der Waals surface area contributed by atoms with Crippen molar-refractivity contribution in [1.29, 1.82) is 0 Å². The van der Waals surface area contributed by atoms with E-state index >= 15 is 0 Å². The molecule has 3 rings (SSSR count). The molecule has 0 atom stereocenters. The molecule has 1 amide bonds. The second kappa shape index (κ2) is 7.78. The molecule has 138 valence electrons. The van der Waals surface area contributed by atoms with Crippen molar-refractivity contribution in [2.24, 2.45) is 0 Å². The molecule has 1 aliphatic rings. The van der Waals surface area contributed by atoms with Gasteiger partial charge in [-0.3, -0.25) is 9.10 Å². The van der Waals surface area contributed by atoms with Crippen molar-refractivity contribution in [3.63, 3.8) is 0 Å². The molecule has 0 spiro atoms. The molecule has 0 saturated carbocycles. The zero-order valence-electron chi connectivity index (χ0n) is 14.6. The molecule has 6 nitrogen and oxygen atoms in total. The predicted molar refractivity (Wildman–Crippen MR) is 102 cm³/mol. The van der Waals surface area contributed by atoms with E-state index in [0.717, 1.165) is 12.2 Å². The summed E-state index contributed by atoms with van der Waals surface area (Å²) >= 11 is 0. The third-order valence-corrected chi connectivity index (χ3v) is 6.06. The number of hydrogen-bond donors (Lipinski definition) is 1. The van der Waals surface area contributed by atoms with Crippen LogP contribution in [-0.2, 0) is 10.0 Å². The average Bonchev–Trinajstić information content (AvgIpc) is 2.63. The summed E-state index contributed by atoms with van der Waals surface area (Å²) in [6.45, 7) is 2.98. The Kier molecular flexibility index (Phi) is 5.46. The number of rotatable bonds is 5. The van der Waals surface area contributed by atoms with Gasteiger partial charge in [0.2, 0.25) is 10.0 Å². The zero-order chi connectivity index (χ0) is 18.6. The smallest absolute Gasteiger partial charge is 0.255 e. The predicted octanol–water partition coefficient (Wildman–Crippen LogP) is 3.27. The van der Waals surface area contributed by atoms with E-state index in [1.807, 2.05) is 6.92 Å². The molecule has 0 aromatic heterocycles. The Labute approximate surface area is 153 Å². The van der Waals surface area contributed by atoms with Gasteiger partial charge in [0.1, 0.15) is 5.75 Å². The molecule has 0 aliphatic carbocycles. The summed E-state index contributed by atoms with van der Waals surface area (Å²) < 4.78 is 31.1. The van der Waals surface area contributed by atoms with Gasteiger partial charge in [-0.1, -0.05) is 0 Å². The van der Waals surface area contributed by atoms with Gasteiger partial charge >= 0.3 is 0 Å². The van der Waals surface area contributed by atoms with E-state index in [4.69, 9.17) is 4.74 Å². The van der Waals surface area contributed by atoms with E-state index in [0.29, 0.717) is 36.5 Å². The van der Waals surface area contributed by atoms with E-state index in [1.54, 1.807) is 48.5 Å². The Hall–Kier alpha value is -2.54. The molecule has 0 radical (unpaired) electrons. The van der Waals surface area contributed by atoms with Gasteiger partial charge in [0.25, 0.3) is 5.91 Å². The van der Waals surface area contributed by atoms with Crippen LogP contribution < -0.4 is 14.4 Å². The van der Waals surface area contributed by atoms with E-state index in [1.165, 1.54) is 4.31 Å². The average molecular weight is 374 g/mol. The largest absolute Gasteiger partial charge is 0.494 e. The lowest BCUT2D eigenvalue weighted by Crippen LogP contribution is -2.37. The van der Waals surface area contributed by atoms with Crippen LogP contribution in [0.5, 0.6) is 5.75 Å². The number of nitrogens with one attached hydrogen (secondary N) is 1. The second-order valence-corrected chi connectivity index (χ2v) is 8.07. The summed E-state index contributed by atoms with van der Waals surface area (Å²) in [4.78, 5) is 12.3. The van der Waals surface area contributed by atoms with Gasteiger partial charge in [-0.2, -0.15) is 0 Å². The van der Waals surface area contributed by atoms with Crippen LogP contribution in [0.15, 0.2) is 48.5 Å². The van der Waals surface area contributed by atoms with Gasteiger partial charge in [-0.15, -0.1) is 0 Å². The Morgan fingerprint density at radius 3 is 2.38 bits per heavy atom. The van der Waals surface area contributed by atoms with E-state index in [9.17, 15) is 13.2 Å². The third kappa shape index (κ3) is 4.16. The fraction of sp³-hybridized carbons (Fsp3) is 0.316. The maximum atomic E-state index is 12.3. The molecule has 0 unspecified atom stereocenters. The normalized spacial score (nSPS) is 16.1. The van der Waals surface area contributed by atoms with Crippen LogP contribution in [0, 0.1) is 0 Å². The highest BCUT2D eigenvalue weighted by Gasteiger charge is 2.25. The maximum Gasteiger partial charge on any atom is 0.255 e. The molecule has 1 fully saturated rings. The highest BCUT2D eigenvalue weighted by molar-refractivity contribution is 7.92. The van der Waals surface area contributed by atoms with Gasteiger partial charge in [-0.25, -0.2) is 8.42 Å². The monoisotopic (exact) mass is 374 g/mol. The summed E-state index contributed by atoms with van der Waals surface area (Å²) in [7, 11) is -3.23. The van der Waals surface area contributed by atoms with Crippen LogP contribution in [0.2, 0.25) is 0 Å². The van der Waals surface area contributed by atoms with Gasteiger partial charge in [-0.05, 0) is 68.3 Å². The molecule has 26 heavy (non-hydrogen) atoms. The van der Waals surface area contributed by atoms with Crippen molar-refractivity contribution in [3.8, 4) is 5.75 Å². The molecule has 1 N–H and O–H groups in total. The molecular formula is C19H22N2O4S. The lowest BCUT2D eigenvalue weighted by molar-refractivity contribution is 0.102. The van der Waals surface area contributed by atoms with Crippen molar-refractivity contribution < 1.29 is 17.9 Å². The number of carbonyl (C=O) groups excluding carboxylic acids is 1. The van der Waals surface area contributed by atoms with Crippen LogP contribution in [0.25, 0.3) is 0 Å². The lowest BCUT2D eigenvalue weighted by Gasteiger charge is -2.28. The molecule has 2 aromatic carbocycles. The van der Waals surface area contributed by atoms with Crippen LogP contribution in [0.1, 0.15) is 30.1 Å². The standard InChI is InChI=1S/C19H22N2O4S/c1-2-25-18-11-5-15(6-12-18)19(22)20-16-7-9-17(10-8-16)21-13-3-4-14-26(21,23)24/h5-12H,2-4,13-14H2,1H3,(H,20,22). The number of anilines is 2. The minimum absolute atomic E-state index is 0.184. The Bertz CT molecular complexity index is 861. The number of benzene rings is 2. The van der Waals surface area contributed by atoms with Crippen molar-refractivity contribution in [2.45, 2.75) is 19.8 Å². The lowest BCUT2D eigenvalue weighted by atomic mass is 10.2. The van der Waals surface area contributed by atoms with Crippen molar-refractivity contribution in [2.75, 3.05) is 28.5 Å². The van der Waals surface area contributed by atoms with Gasteiger partial charge in [0.05, 0.1) is 18.0 Å². The van der Waals surface area contributed by atoms with Crippen molar-refractivity contribution >= 4 is 27.3 Å². The number of carbonyl (C=O) groups is 1. The molecule has 7 heteroatoms. The Balaban J connectivity index is 1.68. The summed E-state index contributed by atoms with van der Waals surface area (Å²) in [5, 5.41) is 2.81. The fourth-order valence-corrected chi connectivity index (χ4v) is 4.50. The first-order valence-electron chi connectivity index (χ1n) is 8.64. The number of sulfonamides is 1. The number of hydrogen-bond acceptors (Lipinski definition) is 4. The molecular weight excluding hydrogens is 352 g/mol. The van der Waals surface area contributed by atoms with E-state index in [-0.39, 0.29) is 11.7 Å². The SMILES string of the molecule is CCOc1ccc(C(=O)Nc2ccc(N3CCCCS3(=O)=O)cc2)cc1. The first-order valence-corrected chi connectivity index (χ1v) is 10.3. The fourth-order valence-electron chi connectivity index (χ4n) is 2.86. The zero-order valence-corrected chi connectivity index (χ0v) is 15.5. The molecule has 1 heterocycles. The molecule has 1 saturated heterocycles. The van der Waals surface area contributed by atoms with Crippen LogP contribution >= 0.6 is 0 Å².